The predicted octanol–water partition coefficient (Wildman–Crippen LogP) is 2.47. The van der Waals surface area contributed by atoms with Crippen LogP contribution in [-0.4, -0.2) is 25.2 Å². The highest BCUT2D eigenvalue weighted by molar-refractivity contribution is 7.10. The molecule has 1 fully saturated rings. The van der Waals surface area contributed by atoms with E-state index in [4.69, 9.17) is 0 Å². The molecule has 2 rings (SSSR count). The molecule has 1 aromatic heterocycles. The number of carbonyl (C=O) groups is 1. The Morgan fingerprint density at radius 3 is 2.79 bits per heavy atom. The van der Waals surface area contributed by atoms with Crippen molar-refractivity contribution in [1.29, 1.82) is 0 Å². The molecule has 0 aliphatic carbocycles. The molecule has 2 heterocycles. The molecule has 106 valence electrons. The third-order valence-electron chi connectivity index (χ3n) is 3.45. The number of amides is 1. The molecule has 3 nitrogen and oxygen atoms in total. The van der Waals surface area contributed by atoms with Gasteiger partial charge in [0.1, 0.15) is 0 Å². The van der Waals surface area contributed by atoms with Crippen molar-refractivity contribution >= 4 is 17.2 Å². The fourth-order valence-electron chi connectivity index (χ4n) is 2.20. The third-order valence-corrected chi connectivity index (χ3v) is 4.51. The van der Waals surface area contributed by atoms with E-state index in [2.05, 4.69) is 10.6 Å². The number of rotatable bonds is 3. The van der Waals surface area contributed by atoms with Crippen LogP contribution in [0.1, 0.15) is 24.3 Å². The number of nitrogens with one attached hydrogen (secondary N) is 2. The molecule has 19 heavy (non-hydrogen) atoms. The summed E-state index contributed by atoms with van der Waals surface area (Å²) >= 11 is 1.41. The van der Waals surface area contributed by atoms with Crippen LogP contribution in [-0.2, 0) is 4.79 Å². The summed E-state index contributed by atoms with van der Waals surface area (Å²) in [5.41, 5.74) is -2.29. The standard InChI is InChI=1S/C12H15F3N2OS/c1-8(9-3-2-6-19-9)17-10(18)11(12(13,14)15)4-5-16-7-11/h2-3,6,8,16H,4-5,7H2,1H3,(H,17,18)/t8-,11?/m0/s1. The van der Waals surface area contributed by atoms with Crippen molar-refractivity contribution in [3.8, 4) is 0 Å². The Balaban J connectivity index is 2.13. The van der Waals surface area contributed by atoms with E-state index in [9.17, 15) is 18.0 Å². The van der Waals surface area contributed by atoms with E-state index in [1.165, 1.54) is 11.3 Å². The Hall–Kier alpha value is -1.08. The van der Waals surface area contributed by atoms with Gasteiger partial charge in [0.15, 0.2) is 5.41 Å². The van der Waals surface area contributed by atoms with Crippen LogP contribution in [0, 0.1) is 5.41 Å². The Bertz CT molecular complexity index is 438. The molecule has 1 aliphatic rings. The van der Waals surface area contributed by atoms with E-state index >= 15 is 0 Å². The minimum Gasteiger partial charge on any atom is -0.348 e. The predicted molar refractivity (Wildman–Crippen MR) is 66.9 cm³/mol. The lowest BCUT2D eigenvalue weighted by Crippen LogP contribution is -2.52. The first-order chi connectivity index (χ1) is 8.87. The minimum atomic E-state index is -4.53. The van der Waals surface area contributed by atoms with Gasteiger partial charge >= 0.3 is 6.18 Å². The van der Waals surface area contributed by atoms with Crippen molar-refractivity contribution in [2.75, 3.05) is 13.1 Å². The molecule has 0 aromatic carbocycles. The molecule has 1 amide bonds. The van der Waals surface area contributed by atoms with Gasteiger partial charge in [-0.1, -0.05) is 6.07 Å². The normalized spacial score (nSPS) is 25.3. The first-order valence-corrected chi connectivity index (χ1v) is 6.86. The highest BCUT2D eigenvalue weighted by atomic mass is 32.1. The van der Waals surface area contributed by atoms with E-state index in [1.54, 1.807) is 19.1 Å². The molecule has 2 N–H and O–H groups in total. The van der Waals surface area contributed by atoms with Crippen LogP contribution < -0.4 is 10.6 Å². The monoisotopic (exact) mass is 292 g/mol. The number of hydrogen-bond acceptors (Lipinski definition) is 3. The molecule has 0 radical (unpaired) electrons. The van der Waals surface area contributed by atoms with Gasteiger partial charge in [-0.3, -0.25) is 4.79 Å². The summed E-state index contributed by atoms with van der Waals surface area (Å²) in [6.07, 6.45) is -4.74. The van der Waals surface area contributed by atoms with E-state index in [0.717, 1.165) is 4.88 Å². The van der Waals surface area contributed by atoms with E-state index in [-0.39, 0.29) is 19.5 Å². The third kappa shape index (κ3) is 2.62. The fraction of sp³-hybridized carbons (Fsp3) is 0.583. The minimum absolute atomic E-state index is 0.209. The molecule has 0 saturated carbocycles. The summed E-state index contributed by atoms with van der Waals surface area (Å²) < 4.78 is 39.5. The number of hydrogen-bond donors (Lipinski definition) is 2. The lowest BCUT2D eigenvalue weighted by atomic mass is 9.85. The quantitative estimate of drug-likeness (QED) is 0.898. The number of carbonyl (C=O) groups excluding carboxylic acids is 1. The van der Waals surface area contributed by atoms with E-state index in [1.807, 2.05) is 5.38 Å². The van der Waals surface area contributed by atoms with Crippen molar-refractivity contribution in [2.45, 2.75) is 25.6 Å². The molecule has 1 saturated heterocycles. The van der Waals surface area contributed by atoms with Crippen LogP contribution in [0.3, 0.4) is 0 Å². The lowest BCUT2D eigenvalue weighted by molar-refractivity contribution is -0.216. The Morgan fingerprint density at radius 1 is 1.58 bits per heavy atom. The molecular formula is C12H15F3N2OS. The van der Waals surface area contributed by atoms with Crippen LogP contribution in [0.25, 0.3) is 0 Å². The smallest absolute Gasteiger partial charge is 0.348 e. The van der Waals surface area contributed by atoms with E-state index < -0.39 is 23.5 Å². The summed E-state index contributed by atoms with van der Waals surface area (Å²) in [6, 6.07) is 3.19. The van der Waals surface area contributed by atoms with Gasteiger partial charge in [-0.05, 0) is 31.3 Å². The van der Waals surface area contributed by atoms with Crippen molar-refractivity contribution in [1.82, 2.24) is 10.6 Å². The van der Waals surface area contributed by atoms with Gasteiger partial charge in [0.2, 0.25) is 5.91 Å². The zero-order valence-electron chi connectivity index (χ0n) is 10.4. The first kappa shape index (κ1) is 14.3. The molecule has 1 aliphatic heterocycles. The Labute approximate surface area is 113 Å². The second kappa shape index (κ2) is 5.13. The van der Waals surface area contributed by atoms with Crippen LogP contribution in [0.4, 0.5) is 13.2 Å². The fourth-order valence-corrected chi connectivity index (χ4v) is 2.93. The van der Waals surface area contributed by atoms with Gasteiger partial charge in [-0.15, -0.1) is 11.3 Å². The molecule has 1 aromatic rings. The maximum absolute atomic E-state index is 13.2. The zero-order chi connectivity index (χ0) is 14.1. The van der Waals surface area contributed by atoms with Gasteiger partial charge in [-0.25, -0.2) is 0 Å². The van der Waals surface area contributed by atoms with Gasteiger partial charge in [0.05, 0.1) is 6.04 Å². The zero-order valence-corrected chi connectivity index (χ0v) is 11.2. The van der Waals surface area contributed by atoms with Crippen molar-refractivity contribution in [3.63, 3.8) is 0 Å². The summed E-state index contributed by atoms with van der Waals surface area (Å²) in [7, 11) is 0. The molecule has 0 bridgehead atoms. The number of thiophene rings is 1. The van der Waals surface area contributed by atoms with Gasteiger partial charge in [-0.2, -0.15) is 13.2 Å². The van der Waals surface area contributed by atoms with Crippen LogP contribution in [0.5, 0.6) is 0 Å². The van der Waals surface area contributed by atoms with Gasteiger partial charge < -0.3 is 10.6 Å². The van der Waals surface area contributed by atoms with Gasteiger partial charge in [0.25, 0.3) is 0 Å². The van der Waals surface area contributed by atoms with Crippen molar-refractivity contribution in [3.05, 3.63) is 22.4 Å². The summed E-state index contributed by atoms with van der Waals surface area (Å²) in [6.45, 7) is 1.55. The second-order valence-electron chi connectivity index (χ2n) is 4.72. The Kier molecular flexibility index (Phi) is 3.87. The average Bonchev–Trinajstić information content (AvgIpc) is 3.00. The average molecular weight is 292 g/mol. The van der Waals surface area contributed by atoms with Crippen molar-refractivity contribution < 1.29 is 18.0 Å². The van der Waals surface area contributed by atoms with Crippen molar-refractivity contribution in [2.24, 2.45) is 5.41 Å². The highest BCUT2D eigenvalue weighted by Gasteiger charge is 2.61. The van der Waals surface area contributed by atoms with Crippen LogP contribution in [0.2, 0.25) is 0 Å². The first-order valence-electron chi connectivity index (χ1n) is 5.99. The molecule has 0 spiro atoms. The Morgan fingerprint density at radius 2 is 2.32 bits per heavy atom. The lowest BCUT2D eigenvalue weighted by Gasteiger charge is -2.30. The number of alkyl halides is 3. The SMILES string of the molecule is C[C@H](NC(=O)C1(C(F)(F)F)CCNC1)c1cccs1. The van der Waals surface area contributed by atoms with Crippen LogP contribution >= 0.6 is 11.3 Å². The molecule has 2 atom stereocenters. The summed E-state index contributed by atoms with van der Waals surface area (Å²) in [4.78, 5) is 12.9. The maximum Gasteiger partial charge on any atom is 0.404 e. The number of halogens is 3. The summed E-state index contributed by atoms with van der Waals surface area (Å²) in [5.74, 6) is -0.939. The van der Waals surface area contributed by atoms with Gasteiger partial charge in [0, 0.05) is 11.4 Å². The highest BCUT2D eigenvalue weighted by Crippen LogP contribution is 2.43. The van der Waals surface area contributed by atoms with Crippen LogP contribution in [0.15, 0.2) is 17.5 Å². The maximum atomic E-state index is 13.2. The van der Waals surface area contributed by atoms with E-state index in [0.29, 0.717) is 0 Å². The summed E-state index contributed by atoms with van der Waals surface area (Å²) in [5, 5.41) is 6.94. The second-order valence-corrected chi connectivity index (χ2v) is 5.70. The largest absolute Gasteiger partial charge is 0.404 e. The molecule has 7 heteroatoms. The molecule has 1 unspecified atom stereocenters. The topological polar surface area (TPSA) is 41.1 Å². The molecular weight excluding hydrogens is 277 g/mol.